The van der Waals surface area contributed by atoms with E-state index < -0.39 is 11.7 Å². The van der Waals surface area contributed by atoms with Crippen molar-refractivity contribution in [2.75, 3.05) is 17.7 Å². The van der Waals surface area contributed by atoms with E-state index in [1.807, 2.05) is 44.2 Å². The van der Waals surface area contributed by atoms with E-state index >= 15 is 0 Å². The van der Waals surface area contributed by atoms with Crippen LogP contribution in [0, 0.1) is 13.8 Å². The summed E-state index contributed by atoms with van der Waals surface area (Å²) >= 11 is 5.33. The van der Waals surface area contributed by atoms with Crippen LogP contribution in [0.2, 0.25) is 0 Å². The summed E-state index contributed by atoms with van der Waals surface area (Å²) in [4.78, 5) is 13.2. The molecule has 2 aromatic carbocycles. The second-order valence-electron chi connectivity index (χ2n) is 7.27. The molecule has 3 N–H and O–H groups in total. The van der Waals surface area contributed by atoms with Crippen LogP contribution in [0.4, 0.5) is 24.8 Å². The van der Waals surface area contributed by atoms with Crippen molar-refractivity contribution in [1.82, 2.24) is 15.3 Å². The van der Waals surface area contributed by atoms with Gasteiger partial charge in [-0.1, -0.05) is 12.1 Å². The Morgan fingerprint density at radius 3 is 2.15 bits per heavy atom. The predicted molar refractivity (Wildman–Crippen MR) is 130 cm³/mol. The third-order valence-corrected chi connectivity index (χ3v) is 4.70. The number of halogens is 3. The molecule has 0 bridgehead atoms. The van der Waals surface area contributed by atoms with Crippen molar-refractivity contribution >= 4 is 34.9 Å². The van der Waals surface area contributed by atoms with Gasteiger partial charge in [-0.15, -0.1) is 0 Å². The second-order valence-corrected chi connectivity index (χ2v) is 7.67. The zero-order valence-corrected chi connectivity index (χ0v) is 19.5. The van der Waals surface area contributed by atoms with Crippen molar-refractivity contribution in [1.29, 1.82) is 0 Å². The number of nitrogens with zero attached hydrogens (tertiary/aromatic N) is 3. The van der Waals surface area contributed by atoms with Crippen LogP contribution in [0.1, 0.15) is 22.5 Å². The van der Waals surface area contributed by atoms with Crippen molar-refractivity contribution in [2.24, 2.45) is 4.99 Å². The Morgan fingerprint density at radius 1 is 0.971 bits per heavy atom. The number of hydrogen-bond acceptors (Lipinski definition) is 5. The number of methoxy groups -OCH3 is 1. The fourth-order valence-corrected chi connectivity index (χ4v) is 3.13. The fourth-order valence-electron chi connectivity index (χ4n) is 2.91. The van der Waals surface area contributed by atoms with Gasteiger partial charge in [0.15, 0.2) is 5.11 Å². The van der Waals surface area contributed by atoms with Gasteiger partial charge in [0.25, 0.3) is 0 Å². The molecule has 11 heteroatoms. The van der Waals surface area contributed by atoms with E-state index in [4.69, 9.17) is 17.0 Å². The maximum Gasteiger partial charge on any atom is 0.416 e. The summed E-state index contributed by atoms with van der Waals surface area (Å²) in [5.41, 5.74) is 2.12. The Labute approximate surface area is 200 Å². The van der Waals surface area contributed by atoms with Crippen molar-refractivity contribution in [3.8, 4) is 5.75 Å². The molecule has 0 amide bonds. The van der Waals surface area contributed by atoms with Crippen LogP contribution in [0.15, 0.2) is 59.6 Å². The first-order valence-electron chi connectivity index (χ1n) is 10.1. The first-order chi connectivity index (χ1) is 16.1. The first kappa shape index (κ1) is 24.9. The Kier molecular flexibility index (Phi) is 8.00. The lowest BCUT2D eigenvalue weighted by molar-refractivity contribution is -0.137. The van der Waals surface area contributed by atoms with Gasteiger partial charge in [-0.25, -0.2) is 15.0 Å². The van der Waals surface area contributed by atoms with Gasteiger partial charge in [0.05, 0.1) is 19.2 Å². The van der Waals surface area contributed by atoms with Crippen molar-refractivity contribution in [3.05, 3.63) is 77.1 Å². The van der Waals surface area contributed by atoms with Crippen molar-refractivity contribution in [3.63, 3.8) is 0 Å². The lowest BCUT2D eigenvalue weighted by Gasteiger charge is -2.15. The highest BCUT2D eigenvalue weighted by Gasteiger charge is 2.29. The monoisotopic (exact) mass is 488 g/mol. The van der Waals surface area contributed by atoms with E-state index in [0.29, 0.717) is 18.2 Å². The molecule has 1 aromatic heterocycles. The van der Waals surface area contributed by atoms with Gasteiger partial charge in [0.2, 0.25) is 11.9 Å². The summed E-state index contributed by atoms with van der Waals surface area (Å²) in [6.45, 7) is 4.00. The van der Waals surface area contributed by atoms with Gasteiger partial charge >= 0.3 is 6.18 Å². The number of benzene rings is 2. The Bertz CT molecular complexity index is 1140. The van der Waals surface area contributed by atoms with Gasteiger partial charge in [0, 0.05) is 17.1 Å². The van der Waals surface area contributed by atoms with E-state index in [9.17, 15) is 13.2 Å². The predicted octanol–water partition coefficient (Wildman–Crippen LogP) is 5.08. The zero-order chi connectivity index (χ0) is 24.7. The van der Waals surface area contributed by atoms with Crippen LogP contribution < -0.4 is 20.7 Å². The normalized spacial score (nSPS) is 11.6. The first-order valence-corrected chi connectivity index (χ1v) is 10.5. The topological polar surface area (TPSA) is 83.5 Å². The van der Waals surface area contributed by atoms with Gasteiger partial charge in [-0.05, 0) is 74.1 Å². The molecule has 0 fully saturated rings. The average molecular weight is 489 g/mol. The summed E-state index contributed by atoms with van der Waals surface area (Å²) in [6, 6.07) is 13.8. The zero-order valence-electron chi connectivity index (χ0n) is 18.7. The molecule has 3 rings (SSSR count). The molecular formula is C23H23F3N6OS. The SMILES string of the molecule is COc1ccc(CN=C(NC(=S)Nc2ccc(C(F)(F)F)cc2)Nc2nc(C)cc(C)n2)cc1. The maximum absolute atomic E-state index is 12.8. The van der Waals surface area contributed by atoms with Crippen LogP contribution >= 0.6 is 12.2 Å². The third-order valence-electron chi connectivity index (χ3n) is 4.49. The summed E-state index contributed by atoms with van der Waals surface area (Å²) in [5, 5.41) is 8.92. The smallest absolute Gasteiger partial charge is 0.416 e. The van der Waals surface area contributed by atoms with E-state index in [1.165, 1.54) is 12.1 Å². The summed E-state index contributed by atoms with van der Waals surface area (Å²) in [6.07, 6.45) is -4.41. The minimum absolute atomic E-state index is 0.130. The lowest BCUT2D eigenvalue weighted by Crippen LogP contribution is -2.39. The number of anilines is 2. The number of nitrogens with one attached hydrogen (secondary N) is 3. The molecule has 0 radical (unpaired) electrons. The average Bonchev–Trinajstić information content (AvgIpc) is 2.77. The van der Waals surface area contributed by atoms with E-state index in [2.05, 4.69) is 30.9 Å². The van der Waals surface area contributed by atoms with Gasteiger partial charge in [-0.2, -0.15) is 13.2 Å². The standard InChI is InChI=1S/C23H23F3N6OS/c1-14-12-15(2)29-21(28-14)31-20(27-13-16-4-10-19(33-3)11-5-16)32-22(34)30-18-8-6-17(7-9-18)23(24,25)26/h4-12H,13H2,1-3H3,(H3,27,28,29,30,31,32,34). The second kappa shape index (κ2) is 10.9. The van der Waals surface area contributed by atoms with Gasteiger partial charge in [-0.3, -0.25) is 5.32 Å². The number of ether oxygens (including phenoxy) is 1. The Hall–Kier alpha value is -3.73. The van der Waals surface area contributed by atoms with Crippen LogP contribution in [-0.2, 0) is 12.7 Å². The maximum atomic E-state index is 12.8. The molecular weight excluding hydrogens is 465 g/mol. The van der Waals surface area contributed by atoms with Gasteiger partial charge < -0.3 is 15.4 Å². The highest BCUT2D eigenvalue weighted by atomic mass is 32.1. The molecule has 0 saturated carbocycles. The molecule has 34 heavy (non-hydrogen) atoms. The summed E-state index contributed by atoms with van der Waals surface area (Å²) in [5.74, 6) is 1.33. The lowest BCUT2D eigenvalue weighted by atomic mass is 10.2. The number of rotatable bonds is 5. The number of aryl methyl sites for hydroxylation is 2. The molecule has 0 aliphatic rings. The highest BCUT2D eigenvalue weighted by Crippen LogP contribution is 2.29. The molecule has 7 nitrogen and oxygen atoms in total. The number of alkyl halides is 3. The van der Waals surface area contributed by atoms with Gasteiger partial charge in [0.1, 0.15) is 5.75 Å². The molecule has 0 spiro atoms. The number of thiocarbonyl (C=S) groups is 1. The Balaban J connectivity index is 1.75. The number of aliphatic imine (C=N–C) groups is 1. The minimum atomic E-state index is -4.41. The minimum Gasteiger partial charge on any atom is -0.497 e. The van der Waals surface area contributed by atoms with Crippen molar-refractivity contribution < 1.29 is 17.9 Å². The van der Waals surface area contributed by atoms with Crippen LogP contribution in [0.25, 0.3) is 0 Å². The molecule has 1 heterocycles. The van der Waals surface area contributed by atoms with Crippen LogP contribution in [0.5, 0.6) is 5.75 Å². The largest absolute Gasteiger partial charge is 0.497 e. The summed E-state index contributed by atoms with van der Waals surface area (Å²) < 4.78 is 43.5. The highest BCUT2D eigenvalue weighted by molar-refractivity contribution is 7.80. The number of aromatic nitrogens is 2. The van der Waals surface area contributed by atoms with Crippen LogP contribution in [-0.4, -0.2) is 28.1 Å². The molecule has 178 valence electrons. The fraction of sp³-hybridized carbons (Fsp3) is 0.217. The van der Waals surface area contributed by atoms with E-state index in [0.717, 1.165) is 34.8 Å². The summed E-state index contributed by atoms with van der Waals surface area (Å²) in [7, 11) is 1.59. The van der Waals surface area contributed by atoms with E-state index in [1.54, 1.807) is 7.11 Å². The molecule has 0 aliphatic carbocycles. The van der Waals surface area contributed by atoms with Crippen LogP contribution in [0.3, 0.4) is 0 Å². The van der Waals surface area contributed by atoms with Crippen molar-refractivity contribution in [2.45, 2.75) is 26.6 Å². The molecule has 0 saturated heterocycles. The Morgan fingerprint density at radius 2 is 1.59 bits per heavy atom. The van der Waals surface area contributed by atoms with E-state index in [-0.39, 0.29) is 11.1 Å². The third kappa shape index (κ3) is 7.41. The molecule has 3 aromatic rings. The molecule has 0 unspecified atom stereocenters. The molecule has 0 aliphatic heterocycles. The number of guanidine groups is 1. The molecule has 0 atom stereocenters. The number of hydrogen-bond donors (Lipinski definition) is 3. The quantitative estimate of drug-likeness (QED) is 0.263.